The lowest BCUT2D eigenvalue weighted by Gasteiger charge is -2.00. The monoisotopic (exact) mass is 360 g/mol. The standard InChI is InChI=1S/C12H10.C11H11ClN2/c1-3-7-11(8-4-1)12-9-5-2-6-10-12;12-6-11-8-14(9-13-11)7-10-4-2-1-3-5-10/h1-10H;1-5,8-9H,6-7H2. The van der Waals surface area contributed by atoms with Crippen molar-refractivity contribution in [3.63, 3.8) is 0 Å². The summed E-state index contributed by atoms with van der Waals surface area (Å²) in [5.41, 5.74) is 4.74. The summed E-state index contributed by atoms with van der Waals surface area (Å²) in [5.74, 6) is 0.474. The first kappa shape index (κ1) is 18.0. The number of alkyl halides is 1. The molecule has 130 valence electrons. The third-order valence-corrected chi connectivity index (χ3v) is 4.19. The van der Waals surface area contributed by atoms with Gasteiger partial charge in [-0.3, -0.25) is 0 Å². The highest BCUT2D eigenvalue weighted by molar-refractivity contribution is 6.16. The Balaban J connectivity index is 0.000000152. The van der Waals surface area contributed by atoms with Crippen LogP contribution in [-0.2, 0) is 12.4 Å². The van der Waals surface area contributed by atoms with Crippen molar-refractivity contribution in [1.29, 1.82) is 0 Å². The minimum atomic E-state index is 0.474. The Bertz CT molecular complexity index is 850. The lowest BCUT2D eigenvalue weighted by molar-refractivity contribution is 0.797. The van der Waals surface area contributed by atoms with E-state index in [1.54, 1.807) is 0 Å². The molecule has 26 heavy (non-hydrogen) atoms. The van der Waals surface area contributed by atoms with Crippen molar-refractivity contribution in [1.82, 2.24) is 9.55 Å². The maximum Gasteiger partial charge on any atom is 0.0953 e. The first-order valence-electron chi connectivity index (χ1n) is 8.56. The van der Waals surface area contributed by atoms with Crippen LogP contribution in [0, 0.1) is 0 Å². The molecule has 1 heterocycles. The number of benzene rings is 3. The van der Waals surface area contributed by atoms with Crippen molar-refractivity contribution in [2.24, 2.45) is 0 Å². The average Bonchev–Trinajstić information content (AvgIpc) is 3.18. The number of aromatic nitrogens is 2. The van der Waals surface area contributed by atoms with E-state index in [4.69, 9.17) is 11.6 Å². The van der Waals surface area contributed by atoms with E-state index in [2.05, 4.69) is 65.6 Å². The number of rotatable bonds is 4. The third-order valence-electron chi connectivity index (χ3n) is 3.91. The van der Waals surface area contributed by atoms with Gasteiger partial charge in [-0.25, -0.2) is 4.98 Å². The van der Waals surface area contributed by atoms with Crippen molar-refractivity contribution in [2.45, 2.75) is 12.4 Å². The molecule has 3 aromatic carbocycles. The summed E-state index contributed by atoms with van der Waals surface area (Å²) in [5, 5.41) is 0. The summed E-state index contributed by atoms with van der Waals surface area (Å²) < 4.78 is 2.03. The van der Waals surface area contributed by atoms with E-state index in [0.717, 1.165) is 12.2 Å². The zero-order valence-corrected chi connectivity index (χ0v) is 15.3. The van der Waals surface area contributed by atoms with E-state index < -0.39 is 0 Å². The van der Waals surface area contributed by atoms with Crippen LogP contribution in [0.25, 0.3) is 11.1 Å². The quantitative estimate of drug-likeness (QED) is 0.406. The maximum atomic E-state index is 5.67. The van der Waals surface area contributed by atoms with Crippen molar-refractivity contribution >= 4 is 11.6 Å². The molecule has 0 unspecified atom stereocenters. The fraction of sp³-hybridized carbons (Fsp3) is 0.0870. The summed E-state index contributed by atoms with van der Waals surface area (Å²) in [6.45, 7) is 0.852. The summed E-state index contributed by atoms with van der Waals surface area (Å²) in [4.78, 5) is 4.16. The predicted molar refractivity (Wildman–Crippen MR) is 109 cm³/mol. The van der Waals surface area contributed by atoms with Gasteiger partial charge in [0.05, 0.1) is 17.9 Å². The van der Waals surface area contributed by atoms with E-state index in [-0.39, 0.29) is 0 Å². The van der Waals surface area contributed by atoms with Gasteiger partial charge in [-0.1, -0.05) is 91.0 Å². The van der Waals surface area contributed by atoms with Gasteiger partial charge in [0, 0.05) is 12.7 Å². The van der Waals surface area contributed by atoms with Gasteiger partial charge in [0.25, 0.3) is 0 Å². The third kappa shape index (κ3) is 5.33. The maximum absolute atomic E-state index is 5.67. The zero-order chi connectivity index (χ0) is 18.0. The molecular formula is C23H21ClN2. The van der Waals surface area contributed by atoms with Crippen LogP contribution in [-0.4, -0.2) is 9.55 Å². The SMILES string of the molecule is ClCc1cn(Cc2ccccc2)cn1.c1ccc(-c2ccccc2)cc1. The molecule has 4 rings (SSSR count). The van der Waals surface area contributed by atoms with Crippen LogP contribution in [0.5, 0.6) is 0 Å². The van der Waals surface area contributed by atoms with Crippen LogP contribution >= 0.6 is 11.6 Å². The first-order chi connectivity index (χ1) is 12.8. The molecule has 0 bridgehead atoms. The molecule has 0 radical (unpaired) electrons. The van der Waals surface area contributed by atoms with Crippen LogP contribution < -0.4 is 0 Å². The van der Waals surface area contributed by atoms with Crippen molar-refractivity contribution in [3.05, 3.63) is 115 Å². The number of imidazole rings is 1. The molecule has 4 aromatic rings. The number of hydrogen-bond acceptors (Lipinski definition) is 1. The van der Waals surface area contributed by atoms with Gasteiger partial charge >= 0.3 is 0 Å². The van der Waals surface area contributed by atoms with Crippen LogP contribution in [0.4, 0.5) is 0 Å². The Labute approximate surface area is 159 Å². The van der Waals surface area contributed by atoms with Crippen molar-refractivity contribution in [3.8, 4) is 11.1 Å². The Morgan fingerprint density at radius 1 is 0.692 bits per heavy atom. The van der Waals surface area contributed by atoms with Gasteiger partial charge in [0.1, 0.15) is 0 Å². The highest BCUT2D eigenvalue weighted by atomic mass is 35.5. The van der Waals surface area contributed by atoms with Crippen LogP contribution in [0.3, 0.4) is 0 Å². The average molecular weight is 361 g/mol. The summed E-state index contributed by atoms with van der Waals surface area (Å²) in [7, 11) is 0. The fourth-order valence-corrected chi connectivity index (χ4v) is 2.76. The van der Waals surface area contributed by atoms with E-state index in [1.165, 1.54) is 16.7 Å². The molecular weight excluding hydrogens is 340 g/mol. The summed E-state index contributed by atoms with van der Waals surface area (Å²) in [6.07, 6.45) is 3.78. The Morgan fingerprint density at radius 3 is 1.65 bits per heavy atom. The predicted octanol–water partition coefficient (Wildman–Crippen LogP) is 6.02. The molecule has 0 saturated heterocycles. The second-order valence-electron chi connectivity index (χ2n) is 5.89. The Hall–Kier alpha value is -2.84. The number of nitrogens with zero attached hydrogens (tertiary/aromatic N) is 2. The highest BCUT2D eigenvalue weighted by Crippen LogP contribution is 2.17. The normalized spacial score (nSPS) is 10.0. The summed E-state index contributed by atoms with van der Waals surface area (Å²) >= 11 is 5.67. The van der Waals surface area contributed by atoms with Crippen LogP contribution in [0.2, 0.25) is 0 Å². The van der Waals surface area contributed by atoms with E-state index in [0.29, 0.717) is 5.88 Å². The van der Waals surface area contributed by atoms with Gasteiger partial charge in [-0.2, -0.15) is 0 Å². The fourth-order valence-electron chi connectivity index (χ4n) is 2.62. The molecule has 0 aliphatic rings. The van der Waals surface area contributed by atoms with E-state index in [9.17, 15) is 0 Å². The van der Waals surface area contributed by atoms with E-state index >= 15 is 0 Å². The molecule has 0 atom stereocenters. The van der Waals surface area contributed by atoms with Crippen molar-refractivity contribution in [2.75, 3.05) is 0 Å². The largest absolute Gasteiger partial charge is 0.333 e. The topological polar surface area (TPSA) is 17.8 Å². The molecule has 0 fully saturated rings. The van der Waals surface area contributed by atoms with E-state index in [1.807, 2.05) is 47.4 Å². The number of halogens is 1. The lowest BCUT2D eigenvalue weighted by atomic mass is 10.1. The lowest BCUT2D eigenvalue weighted by Crippen LogP contribution is -1.95. The van der Waals surface area contributed by atoms with Gasteiger partial charge in [0.15, 0.2) is 0 Å². The molecule has 0 amide bonds. The zero-order valence-electron chi connectivity index (χ0n) is 14.5. The van der Waals surface area contributed by atoms with Crippen LogP contribution in [0.15, 0.2) is 104 Å². The van der Waals surface area contributed by atoms with Crippen LogP contribution in [0.1, 0.15) is 11.3 Å². The molecule has 3 heteroatoms. The second kappa shape index (κ2) is 9.59. The second-order valence-corrected chi connectivity index (χ2v) is 6.16. The molecule has 2 nitrogen and oxygen atoms in total. The molecule has 0 aliphatic carbocycles. The highest BCUT2D eigenvalue weighted by Gasteiger charge is 1.97. The molecule has 1 aromatic heterocycles. The Kier molecular flexibility index (Phi) is 6.63. The minimum absolute atomic E-state index is 0.474. The molecule has 0 N–H and O–H groups in total. The first-order valence-corrected chi connectivity index (χ1v) is 9.09. The molecule has 0 spiro atoms. The number of hydrogen-bond donors (Lipinski definition) is 0. The molecule has 0 aliphatic heterocycles. The van der Waals surface area contributed by atoms with Gasteiger partial charge in [-0.15, -0.1) is 11.6 Å². The minimum Gasteiger partial charge on any atom is -0.333 e. The summed E-state index contributed by atoms with van der Waals surface area (Å²) in [6, 6.07) is 31.1. The molecule has 0 saturated carbocycles. The van der Waals surface area contributed by atoms with Gasteiger partial charge in [0.2, 0.25) is 0 Å². The van der Waals surface area contributed by atoms with Gasteiger partial charge < -0.3 is 4.57 Å². The Morgan fingerprint density at radius 2 is 1.19 bits per heavy atom. The van der Waals surface area contributed by atoms with Crippen molar-refractivity contribution < 1.29 is 0 Å². The smallest absolute Gasteiger partial charge is 0.0953 e. The van der Waals surface area contributed by atoms with Gasteiger partial charge in [-0.05, 0) is 16.7 Å².